The Balaban J connectivity index is 2.14. The monoisotopic (exact) mass is 117 g/mol. The molecular formula is C5H8FNO. The van der Waals surface area contributed by atoms with E-state index in [-0.39, 0.29) is 11.9 Å². The number of nitrogens with one attached hydrogen (secondary N) is 1. The lowest BCUT2D eigenvalue weighted by Gasteiger charge is -1.92. The summed E-state index contributed by atoms with van der Waals surface area (Å²) in [4.78, 5) is 10.2. The first-order chi connectivity index (χ1) is 3.70. The van der Waals surface area contributed by atoms with Crippen LogP contribution >= 0.6 is 0 Å². The molecule has 1 fully saturated rings. The number of rotatable bonds is 1. The van der Waals surface area contributed by atoms with Crippen LogP contribution in [-0.2, 0) is 4.79 Å². The van der Waals surface area contributed by atoms with E-state index in [4.69, 9.17) is 0 Å². The maximum Gasteiger partial charge on any atom is 0.217 e. The maximum atomic E-state index is 11.9. The van der Waals surface area contributed by atoms with Crippen LogP contribution in [0.4, 0.5) is 4.39 Å². The van der Waals surface area contributed by atoms with E-state index in [1.165, 1.54) is 6.92 Å². The molecule has 0 heterocycles. The van der Waals surface area contributed by atoms with Crippen molar-refractivity contribution in [2.24, 2.45) is 0 Å². The minimum Gasteiger partial charge on any atom is -0.351 e. The van der Waals surface area contributed by atoms with Crippen LogP contribution in [0.1, 0.15) is 13.3 Å². The Morgan fingerprint density at radius 3 is 2.50 bits per heavy atom. The van der Waals surface area contributed by atoms with Crippen molar-refractivity contribution in [2.45, 2.75) is 25.6 Å². The van der Waals surface area contributed by atoms with Gasteiger partial charge < -0.3 is 5.32 Å². The zero-order valence-corrected chi connectivity index (χ0v) is 4.65. The van der Waals surface area contributed by atoms with Gasteiger partial charge in [-0.2, -0.15) is 0 Å². The highest BCUT2D eigenvalue weighted by atomic mass is 19.1. The van der Waals surface area contributed by atoms with Crippen LogP contribution in [-0.4, -0.2) is 18.1 Å². The van der Waals surface area contributed by atoms with Gasteiger partial charge in [0.25, 0.3) is 0 Å². The van der Waals surface area contributed by atoms with E-state index in [1.54, 1.807) is 0 Å². The summed E-state index contributed by atoms with van der Waals surface area (Å²) in [6.45, 7) is 1.39. The van der Waals surface area contributed by atoms with Gasteiger partial charge in [-0.1, -0.05) is 0 Å². The number of hydrogen-bond acceptors (Lipinski definition) is 1. The molecule has 0 aliphatic heterocycles. The van der Waals surface area contributed by atoms with Gasteiger partial charge in [-0.15, -0.1) is 0 Å². The molecule has 3 heteroatoms. The summed E-state index contributed by atoms with van der Waals surface area (Å²) in [7, 11) is 0. The molecule has 0 aromatic carbocycles. The van der Waals surface area contributed by atoms with Gasteiger partial charge in [0.15, 0.2) is 0 Å². The average molecular weight is 117 g/mol. The normalized spacial score (nSPS) is 34.2. The molecule has 0 bridgehead atoms. The second-order valence-electron chi connectivity index (χ2n) is 2.06. The topological polar surface area (TPSA) is 29.1 Å². The van der Waals surface area contributed by atoms with E-state index in [1.807, 2.05) is 0 Å². The van der Waals surface area contributed by atoms with Gasteiger partial charge >= 0.3 is 0 Å². The third-order valence-electron chi connectivity index (χ3n) is 1.10. The predicted molar refractivity (Wildman–Crippen MR) is 27.1 cm³/mol. The highest BCUT2D eigenvalue weighted by Gasteiger charge is 2.37. The summed E-state index contributed by atoms with van der Waals surface area (Å²) in [5, 5.41) is 2.45. The second kappa shape index (κ2) is 1.73. The molecule has 0 aromatic rings. The van der Waals surface area contributed by atoms with Gasteiger partial charge in [0.1, 0.15) is 6.17 Å². The van der Waals surface area contributed by atoms with Gasteiger partial charge in [-0.05, 0) is 0 Å². The summed E-state index contributed by atoms with van der Waals surface area (Å²) >= 11 is 0. The third-order valence-corrected chi connectivity index (χ3v) is 1.10. The Morgan fingerprint density at radius 1 is 1.88 bits per heavy atom. The molecule has 1 N–H and O–H groups in total. The van der Waals surface area contributed by atoms with Gasteiger partial charge in [0.05, 0.1) is 6.04 Å². The number of hydrogen-bond donors (Lipinski definition) is 1. The zero-order valence-electron chi connectivity index (χ0n) is 4.65. The van der Waals surface area contributed by atoms with Crippen molar-refractivity contribution < 1.29 is 9.18 Å². The fraction of sp³-hybridized carbons (Fsp3) is 0.800. The van der Waals surface area contributed by atoms with E-state index >= 15 is 0 Å². The number of carbonyl (C=O) groups is 1. The van der Waals surface area contributed by atoms with Crippen LogP contribution in [0.25, 0.3) is 0 Å². The maximum absolute atomic E-state index is 11.9. The summed E-state index contributed by atoms with van der Waals surface area (Å²) < 4.78 is 11.9. The van der Waals surface area contributed by atoms with E-state index in [0.29, 0.717) is 6.42 Å². The average Bonchev–Trinajstić information content (AvgIpc) is 2.17. The second-order valence-corrected chi connectivity index (χ2v) is 2.06. The minimum absolute atomic E-state index is 0.143. The molecule has 1 amide bonds. The molecule has 1 saturated carbocycles. The molecule has 0 saturated heterocycles. The van der Waals surface area contributed by atoms with Crippen LogP contribution in [0.2, 0.25) is 0 Å². The largest absolute Gasteiger partial charge is 0.351 e. The first-order valence-corrected chi connectivity index (χ1v) is 2.61. The van der Waals surface area contributed by atoms with E-state index < -0.39 is 6.17 Å². The molecular weight excluding hydrogens is 109 g/mol. The summed E-state index contributed by atoms with van der Waals surface area (Å²) in [5.74, 6) is -0.143. The van der Waals surface area contributed by atoms with Crippen LogP contribution < -0.4 is 5.32 Å². The number of amides is 1. The van der Waals surface area contributed by atoms with Gasteiger partial charge in [-0.3, -0.25) is 4.79 Å². The van der Waals surface area contributed by atoms with Gasteiger partial charge in [-0.25, -0.2) is 4.39 Å². The first-order valence-electron chi connectivity index (χ1n) is 2.61. The Labute approximate surface area is 47.1 Å². The molecule has 0 radical (unpaired) electrons. The fourth-order valence-corrected chi connectivity index (χ4v) is 0.574. The van der Waals surface area contributed by atoms with Crippen LogP contribution in [0, 0.1) is 0 Å². The number of alkyl halides is 1. The van der Waals surface area contributed by atoms with Crippen LogP contribution in [0.15, 0.2) is 0 Å². The Morgan fingerprint density at radius 2 is 2.38 bits per heavy atom. The molecule has 0 aromatic heterocycles. The fourth-order valence-electron chi connectivity index (χ4n) is 0.574. The third kappa shape index (κ3) is 1.18. The van der Waals surface area contributed by atoms with Crippen molar-refractivity contribution in [3.05, 3.63) is 0 Å². The molecule has 46 valence electrons. The van der Waals surface area contributed by atoms with Crippen molar-refractivity contribution in [2.75, 3.05) is 0 Å². The molecule has 8 heavy (non-hydrogen) atoms. The Kier molecular flexibility index (Phi) is 1.19. The highest BCUT2D eigenvalue weighted by Crippen LogP contribution is 2.24. The highest BCUT2D eigenvalue weighted by molar-refractivity contribution is 5.73. The van der Waals surface area contributed by atoms with Crippen LogP contribution in [0.3, 0.4) is 0 Å². The van der Waals surface area contributed by atoms with Gasteiger partial charge in [0.2, 0.25) is 5.91 Å². The van der Waals surface area contributed by atoms with Crippen molar-refractivity contribution in [1.82, 2.24) is 5.32 Å². The number of halogens is 1. The van der Waals surface area contributed by atoms with Gasteiger partial charge in [0, 0.05) is 13.3 Å². The molecule has 1 aliphatic carbocycles. The molecule has 2 nitrogen and oxygen atoms in total. The molecule has 1 aliphatic rings. The van der Waals surface area contributed by atoms with E-state index in [9.17, 15) is 9.18 Å². The molecule has 1 rings (SSSR count). The lowest BCUT2D eigenvalue weighted by Crippen LogP contribution is -2.23. The quantitative estimate of drug-likeness (QED) is 0.523. The lowest BCUT2D eigenvalue weighted by atomic mass is 10.6. The summed E-state index contributed by atoms with van der Waals surface area (Å²) in [5.41, 5.74) is 0. The predicted octanol–water partition coefficient (Wildman–Crippen LogP) is 0.233. The van der Waals surface area contributed by atoms with Crippen LogP contribution in [0.5, 0.6) is 0 Å². The smallest absolute Gasteiger partial charge is 0.217 e. The number of carbonyl (C=O) groups excluding carboxylic acids is 1. The van der Waals surface area contributed by atoms with Crippen molar-refractivity contribution >= 4 is 5.91 Å². The lowest BCUT2D eigenvalue weighted by molar-refractivity contribution is -0.119. The molecule has 0 spiro atoms. The van der Waals surface area contributed by atoms with Crippen molar-refractivity contribution in [1.29, 1.82) is 0 Å². The molecule has 0 unspecified atom stereocenters. The zero-order chi connectivity index (χ0) is 6.15. The summed E-state index contributed by atoms with van der Waals surface area (Å²) in [6.07, 6.45) is -0.279. The standard InChI is InChI=1S/C5H8FNO/c1-3(8)7-5-2-4(5)6/h4-5H,2H2,1H3,(H,7,8)/t4-,5-/m1/s1. The van der Waals surface area contributed by atoms with E-state index in [2.05, 4.69) is 5.32 Å². The van der Waals surface area contributed by atoms with E-state index in [0.717, 1.165) is 0 Å². The Hall–Kier alpha value is -0.600. The molecule has 2 atom stereocenters. The van der Waals surface area contributed by atoms with Crippen molar-refractivity contribution in [3.8, 4) is 0 Å². The van der Waals surface area contributed by atoms with Crippen molar-refractivity contribution in [3.63, 3.8) is 0 Å². The first kappa shape index (κ1) is 5.54. The SMILES string of the molecule is CC(=O)N[C@@H]1C[C@H]1F. The summed E-state index contributed by atoms with van der Waals surface area (Å²) in [6, 6.07) is -0.174. The minimum atomic E-state index is -0.779. The Bertz CT molecular complexity index is 115.